The average molecular weight is 478 g/mol. The lowest BCUT2D eigenvalue weighted by Crippen LogP contribution is -2.44. The van der Waals surface area contributed by atoms with Gasteiger partial charge >= 0.3 is 0 Å². The number of carbonyl (C=O) groups is 1. The SMILES string of the molecule is COc1ccccc1CN(NC(=O)c1ccccc1)[C@H](c1ccccc1)c1nc2cc(C)ccc2o1. The number of amides is 1. The molecule has 0 radical (unpaired) electrons. The number of fused-ring (bicyclic) bond motifs is 1. The van der Waals surface area contributed by atoms with Crippen LogP contribution in [0.2, 0.25) is 0 Å². The number of hydrogen-bond donors (Lipinski definition) is 1. The van der Waals surface area contributed by atoms with Crippen molar-refractivity contribution in [1.82, 2.24) is 15.4 Å². The Morgan fingerprint density at radius 3 is 2.39 bits per heavy atom. The molecule has 1 N–H and O–H groups in total. The summed E-state index contributed by atoms with van der Waals surface area (Å²) >= 11 is 0. The molecule has 5 aromatic rings. The maximum absolute atomic E-state index is 13.3. The Labute approximate surface area is 210 Å². The largest absolute Gasteiger partial charge is 0.496 e. The van der Waals surface area contributed by atoms with E-state index in [1.165, 1.54) is 0 Å². The molecular weight excluding hydrogens is 450 g/mol. The van der Waals surface area contributed by atoms with Crippen molar-refractivity contribution in [3.05, 3.63) is 131 Å². The van der Waals surface area contributed by atoms with E-state index in [2.05, 4.69) is 5.43 Å². The van der Waals surface area contributed by atoms with Gasteiger partial charge in [0.05, 0.1) is 7.11 Å². The van der Waals surface area contributed by atoms with E-state index in [9.17, 15) is 4.79 Å². The lowest BCUT2D eigenvalue weighted by molar-refractivity contribution is 0.0671. The van der Waals surface area contributed by atoms with Crippen molar-refractivity contribution in [3.63, 3.8) is 0 Å². The van der Waals surface area contributed by atoms with Crippen LogP contribution in [0.4, 0.5) is 0 Å². The quantitative estimate of drug-likeness (QED) is 0.274. The van der Waals surface area contributed by atoms with Crippen LogP contribution in [0.5, 0.6) is 5.75 Å². The van der Waals surface area contributed by atoms with Gasteiger partial charge in [0.25, 0.3) is 5.91 Å². The highest BCUT2D eigenvalue weighted by atomic mass is 16.5. The molecule has 0 unspecified atom stereocenters. The zero-order valence-electron chi connectivity index (χ0n) is 20.2. The number of para-hydroxylation sites is 1. The molecule has 0 saturated carbocycles. The fourth-order valence-electron chi connectivity index (χ4n) is 4.26. The number of hydrazine groups is 1. The second-order valence-electron chi connectivity index (χ2n) is 8.58. The third kappa shape index (κ3) is 4.99. The predicted octanol–water partition coefficient (Wildman–Crippen LogP) is 6.08. The van der Waals surface area contributed by atoms with Gasteiger partial charge in [-0.1, -0.05) is 72.8 Å². The maximum atomic E-state index is 13.3. The van der Waals surface area contributed by atoms with E-state index in [0.29, 0.717) is 23.6 Å². The third-order valence-corrected chi connectivity index (χ3v) is 6.03. The van der Waals surface area contributed by atoms with Gasteiger partial charge in [0.2, 0.25) is 5.89 Å². The van der Waals surface area contributed by atoms with E-state index >= 15 is 0 Å². The lowest BCUT2D eigenvalue weighted by atomic mass is 10.1. The second-order valence-corrected chi connectivity index (χ2v) is 8.58. The molecule has 0 aliphatic carbocycles. The Morgan fingerprint density at radius 2 is 1.64 bits per heavy atom. The zero-order chi connectivity index (χ0) is 24.9. The van der Waals surface area contributed by atoms with Crippen molar-refractivity contribution in [3.8, 4) is 5.75 Å². The molecule has 0 aliphatic rings. The van der Waals surface area contributed by atoms with Gasteiger partial charge in [-0.15, -0.1) is 0 Å². The van der Waals surface area contributed by atoms with Crippen molar-refractivity contribution in [2.75, 3.05) is 7.11 Å². The molecule has 0 bridgehead atoms. The first kappa shape index (κ1) is 23.3. The summed E-state index contributed by atoms with van der Waals surface area (Å²) in [4.78, 5) is 18.2. The maximum Gasteiger partial charge on any atom is 0.265 e. The molecule has 36 heavy (non-hydrogen) atoms. The number of oxazole rings is 1. The van der Waals surface area contributed by atoms with E-state index in [-0.39, 0.29) is 5.91 Å². The fraction of sp³-hybridized carbons (Fsp3) is 0.133. The van der Waals surface area contributed by atoms with Crippen LogP contribution >= 0.6 is 0 Å². The smallest absolute Gasteiger partial charge is 0.265 e. The van der Waals surface area contributed by atoms with Crippen LogP contribution in [0, 0.1) is 6.92 Å². The summed E-state index contributed by atoms with van der Waals surface area (Å²) in [6, 6.07) is 32.3. The summed E-state index contributed by atoms with van der Waals surface area (Å²) < 4.78 is 11.9. The number of aromatic nitrogens is 1. The van der Waals surface area contributed by atoms with Crippen LogP contribution < -0.4 is 10.2 Å². The Hall–Kier alpha value is -4.42. The summed E-state index contributed by atoms with van der Waals surface area (Å²) in [5, 5.41) is 1.86. The third-order valence-electron chi connectivity index (χ3n) is 6.03. The van der Waals surface area contributed by atoms with Crippen molar-refractivity contribution >= 4 is 17.0 Å². The highest BCUT2D eigenvalue weighted by Gasteiger charge is 2.30. The lowest BCUT2D eigenvalue weighted by Gasteiger charge is -2.31. The molecular formula is C30H27N3O3. The van der Waals surface area contributed by atoms with Crippen LogP contribution in [0.1, 0.15) is 39.0 Å². The van der Waals surface area contributed by atoms with Gasteiger partial charge in [0, 0.05) is 17.7 Å². The minimum Gasteiger partial charge on any atom is -0.496 e. The van der Waals surface area contributed by atoms with E-state index in [0.717, 1.165) is 28.0 Å². The molecule has 0 fully saturated rings. The first-order valence-corrected chi connectivity index (χ1v) is 11.8. The topological polar surface area (TPSA) is 67.6 Å². The van der Waals surface area contributed by atoms with Crippen LogP contribution in [0.15, 0.2) is 108 Å². The molecule has 0 spiro atoms. The zero-order valence-corrected chi connectivity index (χ0v) is 20.2. The van der Waals surface area contributed by atoms with E-state index in [1.54, 1.807) is 19.2 Å². The number of ether oxygens (including phenoxy) is 1. The van der Waals surface area contributed by atoms with Crippen LogP contribution in [-0.4, -0.2) is 23.0 Å². The number of carbonyl (C=O) groups excluding carboxylic acids is 1. The first-order chi connectivity index (χ1) is 17.6. The summed E-state index contributed by atoms with van der Waals surface area (Å²) in [6.07, 6.45) is 0. The second kappa shape index (κ2) is 10.5. The highest BCUT2D eigenvalue weighted by Crippen LogP contribution is 2.32. The van der Waals surface area contributed by atoms with Crippen molar-refractivity contribution in [1.29, 1.82) is 0 Å². The van der Waals surface area contributed by atoms with Gasteiger partial charge in [-0.05, 0) is 48.4 Å². The van der Waals surface area contributed by atoms with E-state index < -0.39 is 6.04 Å². The van der Waals surface area contributed by atoms with Gasteiger partial charge in [0.1, 0.15) is 17.3 Å². The molecule has 1 heterocycles. The number of rotatable bonds is 8. The normalized spacial score (nSPS) is 12.0. The minimum absolute atomic E-state index is 0.224. The van der Waals surface area contributed by atoms with Crippen molar-refractivity contribution in [2.24, 2.45) is 0 Å². The molecule has 1 amide bonds. The molecule has 0 aliphatic heterocycles. The molecule has 1 atom stereocenters. The van der Waals surface area contributed by atoms with Crippen LogP contribution in [0.25, 0.3) is 11.1 Å². The average Bonchev–Trinajstić information content (AvgIpc) is 3.32. The van der Waals surface area contributed by atoms with E-state index in [1.807, 2.05) is 103 Å². The fourth-order valence-corrected chi connectivity index (χ4v) is 4.26. The Kier molecular flexibility index (Phi) is 6.78. The molecule has 6 nitrogen and oxygen atoms in total. The summed E-state index contributed by atoms with van der Waals surface area (Å²) in [7, 11) is 1.64. The summed E-state index contributed by atoms with van der Waals surface area (Å²) in [5.74, 6) is 1.000. The highest BCUT2D eigenvalue weighted by molar-refractivity contribution is 5.93. The van der Waals surface area contributed by atoms with Crippen LogP contribution in [-0.2, 0) is 6.54 Å². The number of hydrogen-bond acceptors (Lipinski definition) is 5. The Morgan fingerprint density at radius 1 is 0.944 bits per heavy atom. The first-order valence-electron chi connectivity index (χ1n) is 11.8. The van der Waals surface area contributed by atoms with Crippen molar-refractivity contribution in [2.45, 2.75) is 19.5 Å². The van der Waals surface area contributed by atoms with E-state index in [4.69, 9.17) is 14.1 Å². The van der Waals surface area contributed by atoms with Crippen LogP contribution in [0.3, 0.4) is 0 Å². The summed E-state index contributed by atoms with van der Waals surface area (Å²) in [5.41, 5.74) is 8.11. The number of aryl methyl sites for hydroxylation is 1. The number of benzene rings is 4. The van der Waals surface area contributed by atoms with Gasteiger partial charge in [-0.25, -0.2) is 4.98 Å². The van der Waals surface area contributed by atoms with Gasteiger partial charge in [-0.3, -0.25) is 10.2 Å². The molecule has 180 valence electrons. The predicted molar refractivity (Wildman–Crippen MR) is 139 cm³/mol. The Bertz CT molecular complexity index is 1470. The molecule has 0 saturated heterocycles. The molecule has 5 rings (SSSR count). The molecule has 6 heteroatoms. The van der Waals surface area contributed by atoms with Crippen molar-refractivity contribution < 1.29 is 13.9 Å². The number of methoxy groups -OCH3 is 1. The minimum atomic E-state index is -0.489. The molecule has 4 aromatic carbocycles. The number of nitrogens with one attached hydrogen (secondary N) is 1. The molecule has 1 aromatic heterocycles. The van der Waals surface area contributed by atoms with Gasteiger partial charge < -0.3 is 9.15 Å². The number of nitrogens with zero attached hydrogens (tertiary/aromatic N) is 2. The monoisotopic (exact) mass is 477 g/mol. The standard InChI is InChI=1S/C30H27N3O3/c1-21-17-18-27-25(19-21)31-30(36-27)28(22-11-5-3-6-12-22)33(20-24-15-9-10-16-26(24)35-2)32-29(34)23-13-7-4-8-14-23/h3-19,28H,20H2,1-2H3,(H,32,34)/t28-/m1/s1. The summed E-state index contributed by atoms with van der Waals surface area (Å²) in [6.45, 7) is 2.39. The van der Waals surface area contributed by atoms with Gasteiger partial charge in [-0.2, -0.15) is 5.01 Å². The Balaban J connectivity index is 1.62. The van der Waals surface area contributed by atoms with Gasteiger partial charge in [0.15, 0.2) is 5.58 Å².